The lowest BCUT2D eigenvalue weighted by molar-refractivity contribution is -0.134. The Balaban J connectivity index is 2.77. The fourth-order valence-electron chi connectivity index (χ4n) is 2.21. The van der Waals surface area contributed by atoms with E-state index < -0.39 is 23.7 Å². The number of alkyl halides is 1. The summed E-state index contributed by atoms with van der Waals surface area (Å²) in [6, 6.07) is 8.24. The van der Waals surface area contributed by atoms with E-state index in [1.807, 2.05) is 13.0 Å². The third-order valence-corrected chi connectivity index (χ3v) is 3.66. The molecule has 2 N–H and O–H groups in total. The van der Waals surface area contributed by atoms with Gasteiger partial charge >= 0.3 is 0 Å². The van der Waals surface area contributed by atoms with E-state index in [4.69, 9.17) is 4.74 Å². The van der Waals surface area contributed by atoms with Crippen molar-refractivity contribution in [3.8, 4) is 0 Å². The van der Waals surface area contributed by atoms with E-state index in [9.17, 15) is 14.3 Å². The van der Waals surface area contributed by atoms with Gasteiger partial charge < -0.3 is 15.2 Å². The standard InChI is InChI=1S/C17H26FNO3/c1-4-5-11-17(2,18)16(21)19-14(12-22-3)15(20)13-9-7-6-8-10-13/h6-10,14-15,20H,4-5,11-12H2,1-3H3,(H,19,21)/t14-,15-,17+/m0/s1. The summed E-state index contributed by atoms with van der Waals surface area (Å²) in [5.74, 6) is -0.710. The molecule has 0 heterocycles. The van der Waals surface area contributed by atoms with Gasteiger partial charge in [0.25, 0.3) is 5.91 Å². The van der Waals surface area contributed by atoms with Gasteiger partial charge in [-0.3, -0.25) is 4.79 Å². The summed E-state index contributed by atoms with van der Waals surface area (Å²) < 4.78 is 19.4. The molecule has 0 saturated heterocycles. The molecule has 0 fully saturated rings. The maximum Gasteiger partial charge on any atom is 0.257 e. The molecule has 0 aliphatic rings. The molecule has 0 aliphatic heterocycles. The highest BCUT2D eigenvalue weighted by Crippen LogP contribution is 2.22. The summed E-state index contributed by atoms with van der Waals surface area (Å²) in [7, 11) is 1.47. The van der Waals surface area contributed by atoms with Crippen LogP contribution in [0.4, 0.5) is 4.39 Å². The average molecular weight is 311 g/mol. The van der Waals surface area contributed by atoms with Gasteiger partial charge in [0.15, 0.2) is 5.67 Å². The van der Waals surface area contributed by atoms with E-state index in [0.29, 0.717) is 12.0 Å². The number of nitrogens with one attached hydrogen (secondary N) is 1. The highest BCUT2D eigenvalue weighted by Gasteiger charge is 2.35. The van der Waals surface area contributed by atoms with Crippen molar-refractivity contribution in [2.75, 3.05) is 13.7 Å². The number of rotatable bonds is 9. The van der Waals surface area contributed by atoms with E-state index in [2.05, 4.69) is 5.32 Å². The Morgan fingerprint density at radius 3 is 2.59 bits per heavy atom. The molecule has 1 amide bonds. The summed E-state index contributed by atoms with van der Waals surface area (Å²) in [5.41, 5.74) is -1.29. The number of unbranched alkanes of at least 4 members (excludes halogenated alkanes) is 1. The molecular weight excluding hydrogens is 285 g/mol. The number of amides is 1. The first kappa shape index (κ1) is 18.6. The molecular formula is C17H26FNO3. The minimum Gasteiger partial charge on any atom is -0.386 e. The van der Waals surface area contributed by atoms with E-state index in [-0.39, 0.29) is 13.0 Å². The molecule has 1 rings (SSSR count). The number of benzene rings is 1. The van der Waals surface area contributed by atoms with Crippen LogP contribution in [0.5, 0.6) is 0 Å². The first-order chi connectivity index (χ1) is 10.4. The summed E-state index contributed by atoms with van der Waals surface area (Å²) in [6.07, 6.45) is 0.667. The average Bonchev–Trinajstić information content (AvgIpc) is 2.52. The second-order valence-electron chi connectivity index (χ2n) is 5.69. The van der Waals surface area contributed by atoms with Crippen LogP contribution in [0.25, 0.3) is 0 Å². The van der Waals surface area contributed by atoms with E-state index in [1.165, 1.54) is 14.0 Å². The predicted octanol–water partition coefficient (Wildman–Crippen LogP) is 2.77. The Morgan fingerprint density at radius 1 is 1.41 bits per heavy atom. The van der Waals surface area contributed by atoms with Crippen molar-refractivity contribution in [1.82, 2.24) is 5.32 Å². The summed E-state index contributed by atoms with van der Waals surface area (Å²) in [5, 5.41) is 13.0. The lowest BCUT2D eigenvalue weighted by Crippen LogP contribution is -2.49. The third-order valence-electron chi connectivity index (χ3n) is 3.66. The molecule has 0 unspecified atom stereocenters. The van der Waals surface area contributed by atoms with Crippen molar-refractivity contribution >= 4 is 5.91 Å². The van der Waals surface area contributed by atoms with Gasteiger partial charge in [-0.2, -0.15) is 0 Å². The molecule has 0 aliphatic carbocycles. The Bertz CT molecular complexity index is 450. The number of aliphatic hydroxyl groups is 1. The highest BCUT2D eigenvalue weighted by molar-refractivity contribution is 5.84. The second-order valence-corrected chi connectivity index (χ2v) is 5.69. The summed E-state index contributed by atoms with van der Waals surface area (Å²) >= 11 is 0. The fourth-order valence-corrected chi connectivity index (χ4v) is 2.21. The lowest BCUT2D eigenvalue weighted by Gasteiger charge is -2.27. The zero-order chi connectivity index (χ0) is 16.6. The number of aliphatic hydroxyl groups excluding tert-OH is 1. The first-order valence-electron chi connectivity index (χ1n) is 7.64. The number of ether oxygens (including phenoxy) is 1. The molecule has 0 aromatic heterocycles. The highest BCUT2D eigenvalue weighted by atomic mass is 19.1. The van der Waals surface area contributed by atoms with Crippen LogP contribution < -0.4 is 5.32 Å². The number of hydrogen-bond acceptors (Lipinski definition) is 3. The first-order valence-corrected chi connectivity index (χ1v) is 7.64. The zero-order valence-corrected chi connectivity index (χ0v) is 13.5. The van der Waals surface area contributed by atoms with Crippen LogP contribution in [0.3, 0.4) is 0 Å². The van der Waals surface area contributed by atoms with Gasteiger partial charge in [0.1, 0.15) is 6.10 Å². The number of carbonyl (C=O) groups is 1. The van der Waals surface area contributed by atoms with Crippen molar-refractivity contribution in [2.24, 2.45) is 0 Å². The molecule has 124 valence electrons. The third kappa shape index (κ3) is 5.39. The maximum absolute atomic E-state index is 14.4. The maximum atomic E-state index is 14.4. The van der Waals surface area contributed by atoms with Crippen molar-refractivity contribution in [1.29, 1.82) is 0 Å². The van der Waals surface area contributed by atoms with Crippen LogP contribution in [0.2, 0.25) is 0 Å². The molecule has 0 bridgehead atoms. The lowest BCUT2D eigenvalue weighted by atomic mass is 9.98. The molecule has 22 heavy (non-hydrogen) atoms. The van der Waals surface area contributed by atoms with Gasteiger partial charge in [0, 0.05) is 7.11 Å². The van der Waals surface area contributed by atoms with Gasteiger partial charge in [-0.25, -0.2) is 4.39 Å². The fraction of sp³-hybridized carbons (Fsp3) is 0.588. The van der Waals surface area contributed by atoms with Gasteiger partial charge in [0.05, 0.1) is 12.6 Å². The number of methoxy groups -OCH3 is 1. The van der Waals surface area contributed by atoms with Gasteiger partial charge in [0.2, 0.25) is 0 Å². The topological polar surface area (TPSA) is 58.6 Å². The monoisotopic (exact) mass is 311 g/mol. The van der Waals surface area contributed by atoms with E-state index >= 15 is 0 Å². The normalized spacial score (nSPS) is 16.6. The SMILES string of the molecule is CCCC[C@@](C)(F)C(=O)N[C@@H](COC)[C@@H](O)c1ccccc1. The Labute approximate surface area is 131 Å². The number of carbonyl (C=O) groups excluding carboxylic acids is 1. The van der Waals surface area contributed by atoms with Crippen LogP contribution in [0, 0.1) is 0 Å². The molecule has 5 heteroatoms. The van der Waals surface area contributed by atoms with Crippen molar-refractivity contribution < 1.29 is 19.0 Å². The quantitative estimate of drug-likeness (QED) is 0.737. The van der Waals surface area contributed by atoms with Crippen molar-refractivity contribution in [2.45, 2.75) is 50.9 Å². The predicted molar refractivity (Wildman–Crippen MR) is 84.2 cm³/mol. The van der Waals surface area contributed by atoms with Crippen LogP contribution in [0.1, 0.15) is 44.8 Å². The van der Waals surface area contributed by atoms with Crippen LogP contribution in [-0.4, -0.2) is 36.4 Å². The van der Waals surface area contributed by atoms with Crippen molar-refractivity contribution in [3.63, 3.8) is 0 Å². The number of hydrogen-bond donors (Lipinski definition) is 2. The van der Waals surface area contributed by atoms with Gasteiger partial charge in [-0.05, 0) is 18.9 Å². The second kappa shape index (κ2) is 8.86. The minimum absolute atomic E-state index is 0.103. The molecule has 0 saturated carbocycles. The molecule has 4 nitrogen and oxygen atoms in total. The molecule has 3 atom stereocenters. The van der Waals surface area contributed by atoms with Gasteiger partial charge in [-0.15, -0.1) is 0 Å². The molecule has 0 radical (unpaired) electrons. The zero-order valence-electron chi connectivity index (χ0n) is 13.5. The van der Waals surface area contributed by atoms with Gasteiger partial charge in [-0.1, -0.05) is 50.1 Å². The summed E-state index contributed by atoms with van der Waals surface area (Å²) in [4.78, 5) is 12.1. The largest absolute Gasteiger partial charge is 0.386 e. The van der Waals surface area contributed by atoms with E-state index in [1.54, 1.807) is 24.3 Å². The van der Waals surface area contributed by atoms with Crippen LogP contribution >= 0.6 is 0 Å². The number of halogens is 1. The van der Waals surface area contributed by atoms with E-state index in [0.717, 1.165) is 6.42 Å². The smallest absolute Gasteiger partial charge is 0.257 e. The van der Waals surface area contributed by atoms with Crippen LogP contribution in [0.15, 0.2) is 30.3 Å². The minimum atomic E-state index is -1.95. The molecule has 1 aromatic rings. The molecule has 0 spiro atoms. The molecule has 1 aromatic carbocycles. The Morgan fingerprint density at radius 2 is 2.05 bits per heavy atom. The van der Waals surface area contributed by atoms with Crippen LogP contribution in [-0.2, 0) is 9.53 Å². The Hall–Kier alpha value is -1.46. The van der Waals surface area contributed by atoms with Crippen molar-refractivity contribution in [3.05, 3.63) is 35.9 Å². The summed E-state index contributed by atoms with van der Waals surface area (Å²) in [6.45, 7) is 3.32. The Kier molecular flexibility index (Phi) is 7.48.